The number of sulfonamides is 1. The average Bonchev–Trinajstić information content (AvgIpc) is 2.86. The number of primary sulfonamides is 1. The Bertz CT molecular complexity index is 554. The molecule has 1 aromatic carbocycles. The second-order valence-corrected chi connectivity index (χ2v) is 6.60. The van der Waals surface area contributed by atoms with Gasteiger partial charge in [0.1, 0.15) is 0 Å². The molecule has 1 aromatic rings. The van der Waals surface area contributed by atoms with Gasteiger partial charge in [0.15, 0.2) is 0 Å². The smallest absolute Gasteiger partial charge is 0.238 e. The maximum Gasteiger partial charge on any atom is 0.238 e. The highest BCUT2D eigenvalue weighted by Gasteiger charge is 2.14. The lowest BCUT2D eigenvalue weighted by atomic mass is 10.3. The summed E-state index contributed by atoms with van der Waals surface area (Å²) in [6.07, 6.45) is 5.12. The maximum atomic E-state index is 11.3. The van der Waals surface area contributed by atoms with E-state index in [0.29, 0.717) is 30.6 Å². The van der Waals surface area contributed by atoms with Crippen LogP contribution in [0, 0.1) is 0 Å². The zero-order chi connectivity index (χ0) is 14.6. The van der Waals surface area contributed by atoms with E-state index >= 15 is 0 Å². The molecule has 0 atom stereocenters. The van der Waals surface area contributed by atoms with E-state index < -0.39 is 10.0 Å². The molecule has 7 heteroatoms. The van der Waals surface area contributed by atoms with Crippen LogP contribution in [0.15, 0.2) is 23.1 Å². The van der Waals surface area contributed by atoms with Gasteiger partial charge in [-0.05, 0) is 31.0 Å². The monoisotopic (exact) mass is 299 g/mol. The summed E-state index contributed by atoms with van der Waals surface area (Å²) in [6, 6.07) is 4.49. The van der Waals surface area contributed by atoms with E-state index in [0.717, 1.165) is 12.8 Å². The summed E-state index contributed by atoms with van der Waals surface area (Å²) in [6.45, 7) is 1.19. The highest BCUT2D eigenvalue weighted by atomic mass is 32.2. The van der Waals surface area contributed by atoms with Crippen molar-refractivity contribution in [2.75, 3.05) is 24.2 Å². The van der Waals surface area contributed by atoms with Gasteiger partial charge >= 0.3 is 0 Å². The lowest BCUT2D eigenvalue weighted by Crippen LogP contribution is -2.16. The van der Waals surface area contributed by atoms with Gasteiger partial charge in [-0.1, -0.05) is 12.8 Å². The Labute approximate surface area is 119 Å². The standard InChI is InChI=1S/C13H21N3O3S/c14-10-7-11(9-13(8-10)20(15,17)18)16-5-6-19-12-3-1-2-4-12/h7-9,12,16H,1-6,14H2,(H2,15,17,18). The van der Waals surface area contributed by atoms with Crippen molar-refractivity contribution in [1.29, 1.82) is 0 Å². The van der Waals surface area contributed by atoms with Crippen LogP contribution in [0.1, 0.15) is 25.7 Å². The predicted octanol–water partition coefficient (Wildman–Crippen LogP) is 1.29. The lowest BCUT2D eigenvalue weighted by molar-refractivity contribution is 0.0659. The predicted molar refractivity (Wildman–Crippen MR) is 78.9 cm³/mol. The third kappa shape index (κ3) is 4.36. The Hall–Kier alpha value is -1.31. The molecule has 0 amide bonds. The number of nitrogens with one attached hydrogen (secondary N) is 1. The van der Waals surface area contributed by atoms with Crippen LogP contribution < -0.4 is 16.2 Å². The molecule has 0 radical (unpaired) electrons. The third-order valence-electron chi connectivity index (χ3n) is 3.34. The highest BCUT2D eigenvalue weighted by molar-refractivity contribution is 7.89. The van der Waals surface area contributed by atoms with Crippen LogP contribution in [0.5, 0.6) is 0 Å². The summed E-state index contributed by atoms with van der Waals surface area (Å²) in [5, 5.41) is 8.19. The molecular weight excluding hydrogens is 278 g/mol. The van der Waals surface area contributed by atoms with Crippen LogP contribution in [0.2, 0.25) is 0 Å². The Morgan fingerprint density at radius 1 is 1.25 bits per heavy atom. The minimum atomic E-state index is -3.74. The molecular formula is C13H21N3O3S. The number of hydrogen-bond donors (Lipinski definition) is 3. The quantitative estimate of drug-likeness (QED) is 0.542. The minimum Gasteiger partial charge on any atom is -0.399 e. The lowest BCUT2D eigenvalue weighted by Gasteiger charge is -2.13. The van der Waals surface area contributed by atoms with E-state index in [-0.39, 0.29) is 4.90 Å². The number of hydrogen-bond acceptors (Lipinski definition) is 5. The highest BCUT2D eigenvalue weighted by Crippen LogP contribution is 2.21. The SMILES string of the molecule is Nc1cc(NCCOC2CCCC2)cc(S(N)(=O)=O)c1. The molecule has 1 aliphatic rings. The topological polar surface area (TPSA) is 107 Å². The molecule has 1 aliphatic carbocycles. The van der Waals surface area contributed by atoms with Gasteiger partial charge in [-0.25, -0.2) is 13.6 Å². The van der Waals surface area contributed by atoms with Crippen molar-refractivity contribution >= 4 is 21.4 Å². The number of benzene rings is 1. The van der Waals surface area contributed by atoms with Gasteiger partial charge in [0.2, 0.25) is 10.0 Å². The van der Waals surface area contributed by atoms with Gasteiger partial charge in [0.25, 0.3) is 0 Å². The Morgan fingerprint density at radius 3 is 2.60 bits per heavy atom. The summed E-state index contributed by atoms with van der Waals surface area (Å²) in [5.41, 5.74) is 6.65. The largest absolute Gasteiger partial charge is 0.399 e. The van der Waals surface area contributed by atoms with Crippen molar-refractivity contribution in [2.24, 2.45) is 5.14 Å². The Kier molecular flexibility index (Phi) is 4.85. The van der Waals surface area contributed by atoms with Crippen molar-refractivity contribution in [3.05, 3.63) is 18.2 Å². The molecule has 0 heterocycles. The molecule has 2 rings (SSSR count). The zero-order valence-electron chi connectivity index (χ0n) is 11.3. The van der Waals surface area contributed by atoms with Crippen molar-refractivity contribution in [3.8, 4) is 0 Å². The fourth-order valence-corrected chi connectivity index (χ4v) is 2.96. The summed E-state index contributed by atoms with van der Waals surface area (Å²) in [5.74, 6) is 0. The van der Waals surface area contributed by atoms with Crippen LogP contribution in [-0.2, 0) is 14.8 Å². The van der Waals surface area contributed by atoms with Crippen molar-refractivity contribution < 1.29 is 13.2 Å². The van der Waals surface area contributed by atoms with Crippen LogP contribution >= 0.6 is 0 Å². The van der Waals surface area contributed by atoms with Gasteiger partial charge in [-0.2, -0.15) is 0 Å². The number of rotatable bonds is 6. The molecule has 6 nitrogen and oxygen atoms in total. The Balaban J connectivity index is 1.87. The molecule has 1 saturated carbocycles. The average molecular weight is 299 g/mol. The molecule has 5 N–H and O–H groups in total. The first kappa shape index (κ1) is 15.1. The summed E-state index contributed by atoms with van der Waals surface area (Å²) >= 11 is 0. The number of ether oxygens (including phenoxy) is 1. The normalized spacial score (nSPS) is 16.4. The second-order valence-electron chi connectivity index (χ2n) is 5.04. The fourth-order valence-electron chi connectivity index (χ4n) is 2.36. The van der Waals surface area contributed by atoms with Crippen LogP contribution in [0.4, 0.5) is 11.4 Å². The van der Waals surface area contributed by atoms with E-state index in [1.54, 1.807) is 6.07 Å². The Morgan fingerprint density at radius 2 is 1.95 bits per heavy atom. The van der Waals surface area contributed by atoms with Crippen LogP contribution in [0.3, 0.4) is 0 Å². The molecule has 1 fully saturated rings. The molecule has 20 heavy (non-hydrogen) atoms. The molecule has 0 bridgehead atoms. The van der Waals surface area contributed by atoms with Crippen molar-refractivity contribution in [2.45, 2.75) is 36.7 Å². The first-order chi connectivity index (χ1) is 9.45. The van der Waals surface area contributed by atoms with Gasteiger partial charge in [-0.15, -0.1) is 0 Å². The molecule has 0 aliphatic heterocycles. The van der Waals surface area contributed by atoms with Gasteiger partial charge in [-0.3, -0.25) is 0 Å². The second kappa shape index (κ2) is 6.43. The maximum absolute atomic E-state index is 11.3. The summed E-state index contributed by atoms with van der Waals surface area (Å²) in [7, 11) is -3.74. The molecule has 112 valence electrons. The van der Waals surface area contributed by atoms with Crippen LogP contribution in [0.25, 0.3) is 0 Å². The molecule has 0 saturated heterocycles. The molecule has 0 unspecified atom stereocenters. The van der Waals surface area contributed by atoms with E-state index in [4.69, 9.17) is 15.6 Å². The van der Waals surface area contributed by atoms with Crippen LogP contribution in [-0.4, -0.2) is 27.7 Å². The first-order valence-electron chi connectivity index (χ1n) is 6.74. The van der Waals surface area contributed by atoms with Gasteiger partial charge in [0.05, 0.1) is 17.6 Å². The van der Waals surface area contributed by atoms with Gasteiger partial charge < -0.3 is 15.8 Å². The van der Waals surface area contributed by atoms with E-state index in [2.05, 4.69) is 5.32 Å². The van der Waals surface area contributed by atoms with Crippen molar-refractivity contribution in [3.63, 3.8) is 0 Å². The number of nitrogen functional groups attached to an aromatic ring is 1. The number of nitrogens with two attached hydrogens (primary N) is 2. The van der Waals surface area contributed by atoms with E-state index in [1.165, 1.54) is 25.0 Å². The first-order valence-corrected chi connectivity index (χ1v) is 8.28. The van der Waals surface area contributed by atoms with Crippen molar-refractivity contribution in [1.82, 2.24) is 0 Å². The third-order valence-corrected chi connectivity index (χ3v) is 4.24. The summed E-state index contributed by atoms with van der Waals surface area (Å²) in [4.78, 5) is 0.0108. The fraction of sp³-hybridized carbons (Fsp3) is 0.538. The van der Waals surface area contributed by atoms with Gasteiger partial charge in [0, 0.05) is 17.9 Å². The summed E-state index contributed by atoms with van der Waals surface area (Å²) < 4.78 is 28.3. The number of anilines is 2. The van der Waals surface area contributed by atoms with E-state index in [1.807, 2.05) is 0 Å². The molecule has 0 aromatic heterocycles. The molecule has 0 spiro atoms. The minimum absolute atomic E-state index is 0.0108. The zero-order valence-corrected chi connectivity index (χ0v) is 12.2. The van der Waals surface area contributed by atoms with E-state index in [9.17, 15) is 8.42 Å².